The zero-order valence-corrected chi connectivity index (χ0v) is 12.0. The summed E-state index contributed by atoms with van der Waals surface area (Å²) in [6, 6.07) is 11.0. The van der Waals surface area contributed by atoms with Crippen LogP contribution >= 0.6 is 0 Å². The molecule has 22 heavy (non-hydrogen) atoms. The zero-order valence-electron chi connectivity index (χ0n) is 12.0. The van der Waals surface area contributed by atoms with Gasteiger partial charge in [-0.05, 0) is 18.2 Å². The molecule has 0 saturated carbocycles. The number of nitro benzene ring substituents is 1. The normalized spacial score (nSPS) is 9.91. The van der Waals surface area contributed by atoms with Crippen molar-refractivity contribution >= 4 is 23.0 Å². The fourth-order valence-electron chi connectivity index (χ4n) is 2.00. The van der Waals surface area contributed by atoms with Gasteiger partial charge in [-0.25, -0.2) is 4.79 Å². The van der Waals surface area contributed by atoms with Crippen LogP contribution in [0.25, 0.3) is 0 Å². The molecule has 0 aliphatic rings. The number of esters is 1. The number of nitrogens with zero attached hydrogens (tertiary/aromatic N) is 1. The molecule has 0 heterocycles. The maximum absolute atomic E-state index is 11.9. The molecule has 7 nitrogen and oxygen atoms in total. The van der Waals surface area contributed by atoms with E-state index >= 15 is 0 Å². The summed E-state index contributed by atoms with van der Waals surface area (Å²) >= 11 is 0. The molecular formula is C15H14N2O5. The van der Waals surface area contributed by atoms with Gasteiger partial charge in [-0.15, -0.1) is 0 Å². The topological polar surface area (TPSA) is 90.7 Å². The highest BCUT2D eigenvalue weighted by molar-refractivity contribution is 5.99. The van der Waals surface area contributed by atoms with Gasteiger partial charge in [0.05, 0.1) is 24.8 Å². The average molecular weight is 302 g/mol. The smallest absolute Gasteiger partial charge is 0.343 e. The standard InChI is InChI=1S/C15H14N2O5/c1-21-13-9-5-7-11(14(13)15(18)22-2)16-10-6-3-4-8-12(10)17(19)20/h3-9,16H,1-2H3. The molecule has 2 aromatic carbocycles. The first-order chi connectivity index (χ1) is 10.6. The number of methoxy groups -OCH3 is 2. The van der Waals surface area contributed by atoms with E-state index in [0.717, 1.165) is 0 Å². The molecule has 0 amide bonds. The number of carbonyl (C=O) groups is 1. The highest BCUT2D eigenvalue weighted by atomic mass is 16.6. The first kappa shape index (κ1) is 15.3. The molecule has 0 aliphatic carbocycles. The average Bonchev–Trinajstić information content (AvgIpc) is 2.54. The van der Waals surface area contributed by atoms with Crippen molar-refractivity contribution in [2.45, 2.75) is 0 Å². The Morgan fingerprint density at radius 3 is 2.41 bits per heavy atom. The number of hydrogen-bond acceptors (Lipinski definition) is 6. The number of carbonyl (C=O) groups excluding carboxylic acids is 1. The van der Waals surface area contributed by atoms with Crippen LogP contribution in [-0.2, 0) is 4.74 Å². The van der Waals surface area contributed by atoms with E-state index in [1.165, 1.54) is 20.3 Å². The molecule has 0 aromatic heterocycles. The molecule has 0 atom stereocenters. The Bertz CT molecular complexity index is 715. The Hall–Kier alpha value is -3.09. The van der Waals surface area contributed by atoms with Gasteiger partial charge in [-0.2, -0.15) is 0 Å². The van der Waals surface area contributed by atoms with E-state index in [1.807, 2.05) is 0 Å². The monoisotopic (exact) mass is 302 g/mol. The minimum Gasteiger partial charge on any atom is -0.496 e. The number of para-hydroxylation sites is 2. The molecule has 0 aliphatic heterocycles. The summed E-state index contributed by atoms with van der Waals surface area (Å²) in [5.74, 6) is -0.283. The van der Waals surface area contributed by atoms with Gasteiger partial charge >= 0.3 is 5.97 Å². The fraction of sp³-hybridized carbons (Fsp3) is 0.133. The second-order valence-corrected chi connectivity index (χ2v) is 4.27. The predicted molar refractivity (Wildman–Crippen MR) is 80.7 cm³/mol. The van der Waals surface area contributed by atoms with Gasteiger partial charge in [0, 0.05) is 6.07 Å². The van der Waals surface area contributed by atoms with Crippen LogP contribution in [0.2, 0.25) is 0 Å². The van der Waals surface area contributed by atoms with Crippen molar-refractivity contribution in [3.05, 3.63) is 58.1 Å². The van der Waals surface area contributed by atoms with E-state index < -0.39 is 10.9 Å². The Morgan fingerprint density at radius 1 is 1.09 bits per heavy atom. The lowest BCUT2D eigenvalue weighted by Crippen LogP contribution is -2.08. The highest BCUT2D eigenvalue weighted by Gasteiger charge is 2.20. The van der Waals surface area contributed by atoms with E-state index in [4.69, 9.17) is 9.47 Å². The van der Waals surface area contributed by atoms with Crippen molar-refractivity contribution in [3.8, 4) is 5.75 Å². The summed E-state index contributed by atoms with van der Waals surface area (Å²) in [5.41, 5.74) is 0.707. The fourth-order valence-corrected chi connectivity index (χ4v) is 2.00. The summed E-state index contributed by atoms with van der Waals surface area (Å²) in [4.78, 5) is 22.5. The molecule has 1 N–H and O–H groups in total. The zero-order chi connectivity index (χ0) is 16.1. The van der Waals surface area contributed by atoms with E-state index in [2.05, 4.69) is 5.32 Å². The Morgan fingerprint density at radius 2 is 1.77 bits per heavy atom. The number of anilines is 2. The first-order valence-corrected chi connectivity index (χ1v) is 6.34. The predicted octanol–water partition coefficient (Wildman–Crippen LogP) is 3.13. The van der Waals surface area contributed by atoms with Gasteiger partial charge < -0.3 is 14.8 Å². The van der Waals surface area contributed by atoms with E-state index in [1.54, 1.807) is 36.4 Å². The van der Waals surface area contributed by atoms with Crippen LogP contribution in [0.5, 0.6) is 5.75 Å². The summed E-state index contributed by atoms with van der Waals surface area (Å²) in [6.07, 6.45) is 0. The molecule has 7 heteroatoms. The molecule has 0 radical (unpaired) electrons. The van der Waals surface area contributed by atoms with Gasteiger partial charge in [0.2, 0.25) is 0 Å². The molecule has 2 rings (SSSR count). The minimum absolute atomic E-state index is 0.0962. The van der Waals surface area contributed by atoms with Crippen LogP contribution in [0.3, 0.4) is 0 Å². The lowest BCUT2D eigenvalue weighted by atomic mass is 10.1. The maximum atomic E-state index is 11.9. The van der Waals surface area contributed by atoms with Crippen LogP contribution in [-0.4, -0.2) is 25.1 Å². The van der Waals surface area contributed by atoms with Crippen LogP contribution in [0, 0.1) is 10.1 Å². The molecule has 0 fully saturated rings. The quantitative estimate of drug-likeness (QED) is 0.518. The van der Waals surface area contributed by atoms with E-state index in [9.17, 15) is 14.9 Å². The van der Waals surface area contributed by atoms with Crippen LogP contribution in [0.15, 0.2) is 42.5 Å². The van der Waals surface area contributed by atoms with Crippen molar-refractivity contribution in [3.63, 3.8) is 0 Å². The number of hydrogen-bond donors (Lipinski definition) is 1. The van der Waals surface area contributed by atoms with Gasteiger partial charge in [-0.1, -0.05) is 18.2 Å². The highest BCUT2D eigenvalue weighted by Crippen LogP contribution is 2.32. The molecular weight excluding hydrogens is 288 g/mol. The second-order valence-electron chi connectivity index (χ2n) is 4.27. The van der Waals surface area contributed by atoms with Gasteiger partial charge in [0.1, 0.15) is 17.0 Å². The van der Waals surface area contributed by atoms with Crippen molar-refractivity contribution < 1.29 is 19.2 Å². The van der Waals surface area contributed by atoms with E-state index in [-0.39, 0.29) is 16.9 Å². The molecule has 2 aromatic rings. The van der Waals surface area contributed by atoms with Crippen molar-refractivity contribution in [2.24, 2.45) is 0 Å². The van der Waals surface area contributed by atoms with Crippen molar-refractivity contribution in [1.29, 1.82) is 0 Å². The summed E-state index contributed by atoms with van der Waals surface area (Å²) in [6.45, 7) is 0. The van der Waals surface area contributed by atoms with Gasteiger partial charge in [0.15, 0.2) is 0 Å². The number of nitro groups is 1. The third-order valence-corrected chi connectivity index (χ3v) is 3.01. The Labute approximate surface area is 126 Å². The Balaban J connectivity index is 2.51. The lowest BCUT2D eigenvalue weighted by Gasteiger charge is -2.14. The SMILES string of the molecule is COC(=O)c1c(Nc2ccccc2[N+](=O)[O-])cccc1OC. The molecule has 0 bridgehead atoms. The van der Waals surface area contributed by atoms with Gasteiger partial charge in [-0.3, -0.25) is 10.1 Å². The number of nitrogens with one attached hydrogen (secondary N) is 1. The van der Waals surface area contributed by atoms with Crippen LogP contribution in [0.1, 0.15) is 10.4 Å². The number of benzene rings is 2. The molecule has 0 spiro atoms. The maximum Gasteiger partial charge on any atom is 0.343 e. The second kappa shape index (κ2) is 6.57. The number of rotatable bonds is 5. The Kier molecular flexibility index (Phi) is 4.57. The number of ether oxygens (including phenoxy) is 2. The summed E-state index contributed by atoms with van der Waals surface area (Å²) < 4.78 is 9.89. The largest absolute Gasteiger partial charge is 0.496 e. The summed E-state index contributed by atoms with van der Waals surface area (Å²) in [7, 11) is 2.68. The third-order valence-electron chi connectivity index (χ3n) is 3.01. The first-order valence-electron chi connectivity index (χ1n) is 6.34. The molecule has 0 unspecified atom stereocenters. The van der Waals surface area contributed by atoms with Crippen molar-refractivity contribution in [2.75, 3.05) is 19.5 Å². The lowest BCUT2D eigenvalue weighted by molar-refractivity contribution is -0.383. The molecule has 114 valence electrons. The van der Waals surface area contributed by atoms with E-state index in [0.29, 0.717) is 11.4 Å². The summed E-state index contributed by atoms with van der Waals surface area (Å²) in [5, 5.41) is 13.9. The molecule has 0 saturated heterocycles. The third kappa shape index (κ3) is 2.98. The minimum atomic E-state index is -0.599. The van der Waals surface area contributed by atoms with Crippen molar-refractivity contribution in [1.82, 2.24) is 0 Å². The van der Waals surface area contributed by atoms with Crippen LogP contribution < -0.4 is 10.1 Å². The van der Waals surface area contributed by atoms with Crippen LogP contribution in [0.4, 0.5) is 17.1 Å². The van der Waals surface area contributed by atoms with Gasteiger partial charge in [0.25, 0.3) is 5.69 Å².